The molecule has 9 heteroatoms. The lowest BCUT2D eigenvalue weighted by molar-refractivity contribution is 0.210. The van der Waals surface area contributed by atoms with Crippen molar-refractivity contribution in [2.75, 3.05) is 38.4 Å². The van der Waals surface area contributed by atoms with Crippen LogP contribution in [0.25, 0.3) is 0 Å². The fourth-order valence-corrected chi connectivity index (χ4v) is 4.70. The van der Waals surface area contributed by atoms with E-state index >= 15 is 0 Å². The molecule has 1 aliphatic rings. The first-order valence-corrected chi connectivity index (χ1v) is 13.0. The number of rotatable bonds is 10. The van der Waals surface area contributed by atoms with E-state index < -0.39 is 11.0 Å². The smallest absolute Gasteiger partial charge is 0.155 e. The van der Waals surface area contributed by atoms with Gasteiger partial charge in [-0.1, -0.05) is 23.7 Å². The van der Waals surface area contributed by atoms with Crippen molar-refractivity contribution in [3.8, 4) is 23.3 Å². The molecule has 2 aromatic rings. The van der Waals surface area contributed by atoms with Gasteiger partial charge in [0.1, 0.15) is 24.2 Å². The van der Waals surface area contributed by atoms with Crippen LogP contribution in [0, 0.1) is 11.3 Å². The minimum atomic E-state index is -0.946. The zero-order valence-corrected chi connectivity index (χ0v) is 20.3. The summed E-state index contributed by atoms with van der Waals surface area (Å²) in [5.74, 6) is 1.77. The molecule has 0 bridgehead atoms. The van der Waals surface area contributed by atoms with E-state index in [9.17, 15) is 9.47 Å². The second kappa shape index (κ2) is 12.4. The topological polar surface area (TPSA) is 74.6 Å². The van der Waals surface area contributed by atoms with E-state index in [4.69, 9.17) is 32.7 Å². The van der Waals surface area contributed by atoms with E-state index in [1.165, 1.54) is 5.56 Å². The molecule has 0 aliphatic carbocycles. The van der Waals surface area contributed by atoms with Crippen LogP contribution in [-0.4, -0.2) is 53.5 Å². The summed E-state index contributed by atoms with van der Waals surface area (Å²) >= 11 is 11.9. The van der Waals surface area contributed by atoms with Gasteiger partial charge in [0, 0.05) is 31.0 Å². The molecule has 0 aromatic heterocycles. The summed E-state index contributed by atoms with van der Waals surface area (Å²) in [4.78, 5) is 2.44. The quantitative estimate of drug-likeness (QED) is 0.490. The Morgan fingerprint density at radius 2 is 1.94 bits per heavy atom. The summed E-state index contributed by atoms with van der Waals surface area (Å²) in [7, 11) is -0.946. The molecule has 1 heterocycles. The zero-order chi connectivity index (χ0) is 22.9. The van der Waals surface area contributed by atoms with Crippen LogP contribution in [0.15, 0.2) is 36.4 Å². The molecular formula is C23H27Cl2N3O3S. The minimum Gasteiger partial charge on any atom is -0.489 e. The van der Waals surface area contributed by atoms with Gasteiger partial charge in [-0.2, -0.15) is 5.26 Å². The first kappa shape index (κ1) is 24.8. The molecule has 6 nitrogen and oxygen atoms in total. The summed E-state index contributed by atoms with van der Waals surface area (Å²) in [6.07, 6.45) is 4.68. The third-order valence-electron chi connectivity index (χ3n) is 5.26. The van der Waals surface area contributed by atoms with Gasteiger partial charge in [-0.3, -0.25) is 0 Å². The molecule has 1 N–H and O–H groups in total. The average molecular weight is 496 g/mol. The van der Waals surface area contributed by atoms with E-state index in [2.05, 4.69) is 27.8 Å². The number of halogens is 2. The first-order valence-electron chi connectivity index (χ1n) is 10.5. The van der Waals surface area contributed by atoms with Crippen LogP contribution in [0.1, 0.15) is 24.0 Å². The number of nitrogens with one attached hydrogen (secondary N) is 1. The van der Waals surface area contributed by atoms with Gasteiger partial charge < -0.3 is 14.4 Å². The summed E-state index contributed by atoms with van der Waals surface area (Å²) in [5.41, 5.74) is 1.53. The summed E-state index contributed by atoms with van der Waals surface area (Å²) in [5, 5.41) is 9.70. The predicted molar refractivity (Wildman–Crippen MR) is 129 cm³/mol. The summed E-state index contributed by atoms with van der Waals surface area (Å²) in [6, 6.07) is 13.6. The van der Waals surface area contributed by atoms with Gasteiger partial charge in [0.15, 0.2) is 5.75 Å². The molecule has 1 atom stereocenters. The Labute approximate surface area is 202 Å². The Morgan fingerprint density at radius 1 is 1.22 bits per heavy atom. The van der Waals surface area contributed by atoms with E-state index in [1.807, 2.05) is 12.1 Å². The molecule has 1 saturated heterocycles. The van der Waals surface area contributed by atoms with Crippen LogP contribution in [0.3, 0.4) is 0 Å². The second-order valence-corrected chi connectivity index (χ2v) is 9.54. The lowest BCUT2D eigenvalue weighted by Gasteiger charge is -2.31. The van der Waals surface area contributed by atoms with Crippen molar-refractivity contribution in [3.05, 3.63) is 52.5 Å². The van der Waals surface area contributed by atoms with E-state index in [-0.39, 0.29) is 6.61 Å². The van der Waals surface area contributed by atoms with Crippen LogP contribution in [0.2, 0.25) is 5.02 Å². The summed E-state index contributed by atoms with van der Waals surface area (Å²) < 4.78 is 25.8. The Balaban J connectivity index is 1.52. The van der Waals surface area contributed by atoms with E-state index in [0.29, 0.717) is 39.8 Å². The molecule has 3 rings (SSSR count). The fraction of sp³-hybridized carbons (Fsp3) is 0.435. The van der Waals surface area contributed by atoms with Crippen LogP contribution >= 0.6 is 23.2 Å². The van der Waals surface area contributed by atoms with Crippen molar-refractivity contribution >= 4 is 34.2 Å². The lowest BCUT2D eigenvalue weighted by Crippen LogP contribution is -2.43. The molecule has 1 aliphatic heterocycles. The van der Waals surface area contributed by atoms with Crippen molar-refractivity contribution in [2.45, 2.75) is 25.3 Å². The minimum absolute atomic E-state index is 0.270. The zero-order valence-electron chi connectivity index (χ0n) is 18.0. The number of nitriles is 1. The van der Waals surface area contributed by atoms with Gasteiger partial charge in [-0.05, 0) is 50.0 Å². The van der Waals surface area contributed by atoms with Crippen molar-refractivity contribution in [1.82, 2.24) is 9.62 Å². The molecule has 172 valence electrons. The largest absolute Gasteiger partial charge is 0.489 e. The van der Waals surface area contributed by atoms with Crippen molar-refractivity contribution in [1.29, 1.82) is 5.26 Å². The highest BCUT2D eigenvalue weighted by atomic mass is 35.5. The molecule has 1 fully saturated rings. The van der Waals surface area contributed by atoms with Crippen molar-refractivity contribution < 1.29 is 13.7 Å². The highest BCUT2D eigenvalue weighted by Gasteiger charge is 2.19. The number of nitrogens with zero attached hydrogens (tertiary/aromatic N) is 2. The highest BCUT2D eigenvalue weighted by Crippen LogP contribution is 2.35. The van der Waals surface area contributed by atoms with Gasteiger partial charge >= 0.3 is 0 Å². The summed E-state index contributed by atoms with van der Waals surface area (Å²) in [6.45, 7) is 3.30. The third-order valence-corrected chi connectivity index (χ3v) is 6.36. The first-order chi connectivity index (χ1) is 15.5. The molecule has 2 aromatic carbocycles. The number of benzene rings is 2. The van der Waals surface area contributed by atoms with E-state index in [0.717, 1.165) is 38.9 Å². The number of hydrogen-bond donors (Lipinski definition) is 1. The standard InChI is InChI=1S/C23H27Cl2N3O3S/c1-32(29)27-19-7-11-28(12-8-19)10-6-17-2-4-20(5-3-17)31-21-14-18(16-26)23(22(25)15-21)30-13-9-24/h2-5,14-15,19,27H,6-13H2,1H3. The van der Waals surface area contributed by atoms with Gasteiger partial charge in [0.2, 0.25) is 0 Å². The Kier molecular flexibility index (Phi) is 9.64. The third kappa shape index (κ3) is 7.36. The molecule has 1 unspecified atom stereocenters. The number of ether oxygens (including phenoxy) is 2. The maximum atomic E-state index is 11.3. The molecule has 0 amide bonds. The van der Waals surface area contributed by atoms with E-state index in [1.54, 1.807) is 18.4 Å². The number of likely N-dealkylation sites (tertiary alicyclic amines) is 1. The Morgan fingerprint density at radius 3 is 2.56 bits per heavy atom. The van der Waals surface area contributed by atoms with Gasteiger partial charge in [-0.15, -0.1) is 11.6 Å². The number of hydrogen-bond acceptors (Lipinski definition) is 5. The van der Waals surface area contributed by atoms with Gasteiger partial charge in [0.05, 0.1) is 27.5 Å². The monoisotopic (exact) mass is 495 g/mol. The van der Waals surface area contributed by atoms with Crippen molar-refractivity contribution in [3.63, 3.8) is 0 Å². The normalized spacial score (nSPS) is 15.8. The van der Waals surface area contributed by atoms with Crippen LogP contribution in [0.5, 0.6) is 17.2 Å². The van der Waals surface area contributed by atoms with Gasteiger partial charge in [-0.25, -0.2) is 8.93 Å². The predicted octanol–water partition coefficient (Wildman–Crippen LogP) is 4.51. The SMILES string of the molecule is CS(=O)NC1CCN(CCc2ccc(Oc3cc(Cl)c(OCCCl)c(C#N)c3)cc2)CC1. The Hall–Kier alpha value is -1.82. The number of alkyl halides is 1. The van der Waals surface area contributed by atoms with Gasteiger partial charge in [0.25, 0.3) is 0 Å². The van der Waals surface area contributed by atoms with Crippen LogP contribution in [0.4, 0.5) is 0 Å². The lowest BCUT2D eigenvalue weighted by atomic mass is 10.1. The second-order valence-electron chi connectivity index (χ2n) is 7.61. The highest BCUT2D eigenvalue weighted by molar-refractivity contribution is 7.82. The average Bonchev–Trinajstić information content (AvgIpc) is 2.78. The van der Waals surface area contributed by atoms with Crippen molar-refractivity contribution in [2.24, 2.45) is 0 Å². The fourth-order valence-electron chi connectivity index (χ4n) is 3.65. The molecule has 32 heavy (non-hydrogen) atoms. The molecule has 0 saturated carbocycles. The van der Waals surface area contributed by atoms with Crippen LogP contribution in [-0.2, 0) is 17.4 Å². The number of piperidine rings is 1. The maximum absolute atomic E-state index is 11.3. The molecule has 0 spiro atoms. The Bertz CT molecular complexity index is 958. The molecular weight excluding hydrogens is 469 g/mol. The molecule has 0 radical (unpaired) electrons. The maximum Gasteiger partial charge on any atom is 0.155 e. The van der Waals surface area contributed by atoms with Crippen LogP contribution < -0.4 is 14.2 Å².